The second-order valence-corrected chi connectivity index (χ2v) is 11.3. The molecule has 2 aromatic rings. The molecule has 6 nitrogen and oxygen atoms in total. The van der Waals surface area contributed by atoms with Crippen LogP contribution < -0.4 is 5.32 Å². The van der Waals surface area contributed by atoms with Crippen LogP contribution in [-0.4, -0.2) is 57.9 Å². The van der Waals surface area contributed by atoms with E-state index in [1.54, 1.807) is 18.2 Å². The lowest BCUT2D eigenvalue weighted by Crippen LogP contribution is -2.69. The van der Waals surface area contributed by atoms with Crippen molar-refractivity contribution in [1.82, 2.24) is 10.2 Å². The summed E-state index contributed by atoms with van der Waals surface area (Å²) in [6.45, 7) is 7.06. The van der Waals surface area contributed by atoms with E-state index in [2.05, 4.69) is 30.1 Å². The highest BCUT2D eigenvalue weighted by Crippen LogP contribution is 2.69. The minimum absolute atomic E-state index is 0.00965. The van der Waals surface area contributed by atoms with Crippen molar-refractivity contribution in [3.63, 3.8) is 0 Å². The summed E-state index contributed by atoms with van der Waals surface area (Å²) >= 11 is 0. The highest BCUT2D eigenvalue weighted by molar-refractivity contribution is 5.96. The molecule has 1 spiro atoms. The molecule has 0 aromatic heterocycles. The van der Waals surface area contributed by atoms with Crippen molar-refractivity contribution in [2.24, 2.45) is 5.92 Å². The van der Waals surface area contributed by atoms with Crippen molar-refractivity contribution in [3.8, 4) is 11.5 Å². The zero-order chi connectivity index (χ0) is 23.7. The molecular formula is C28H34N2O4. The predicted molar refractivity (Wildman–Crippen MR) is 129 cm³/mol. The fraction of sp³-hybridized carbons (Fsp3) is 0.536. The van der Waals surface area contributed by atoms with Gasteiger partial charge >= 0.3 is 0 Å². The lowest BCUT2D eigenvalue weighted by molar-refractivity contribution is -0.140. The van der Waals surface area contributed by atoms with Gasteiger partial charge in [0.25, 0.3) is 5.91 Å². The van der Waals surface area contributed by atoms with Crippen LogP contribution >= 0.6 is 0 Å². The Morgan fingerprint density at radius 3 is 2.79 bits per heavy atom. The van der Waals surface area contributed by atoms with E-state index >= 15 is 0 Å². The molecule has 0 saturated carbocycles. The number of phenols is 2. The maximum atomic E-state index is 12.9. The average molecular weight is 463 g/mol. The van der Waals surface area contributed by atoms with E-state index in [1.807, 2.05) is 12.1 Å². The van der Waals surface area contributed by atoms with Crippen molar-refractivity contribution < 1.29 is 19.7 Å². The molecule has 3 fully saturated rings. The van der Waals surface area contributed by atoms with Gasteiger partial charge in [0.2, 0.25) is 0 Å². The molecule has 6 rings (SSSR count). The summed E-state index contributed by atoms with van der Waals surface area (Å²) in [5.41, 5.74) is 2.00. The van der Waals surface area contributed by atoms with Gasteiger partial charge in [-0.25, -0.2) is 0 Å². The van der Waals surface area contributed by atoms with E-state index in [0.717, 1.165) is 45.2 Å². The number of hydrogen-bond donors (Lipinski definition) is 3. The SMILES string of the molecule is CC(C)CN1CC[C@]23C[C@]4(CNC(=O)c5ccccc5O)CC[C@@]2(O4)[C@H]1Cc1ccc(O)cc13. The monoisotopic (exact) mass is 462 g/mol. The third-order valence-corrected chi connectivity index (χ3v) is 8.93. The number of para-hydroxylation sites is 1. The second-order valence-electron chi connectivity index (χ2n) is 11.3. The normalized spacial score (nSPS) is 33.6. The molecule has 4 bridgehead atoms. The van der Waals surface area contributed by atoms with Crippen LogP contribution in [0.25, 0.3) is 0 Å². The molecule has 180 valence electrons. The minimum atomic E-state index is -0.431. The number of carbonyl (C=O) groups excluding carboxylic acids is 1. The Morgan fingerprint density at radius 1 is 1.18 bits per heavy atom. The fourth-order valence-electron chi connectivity index (χ4n) is 7.73. The fourth-order valence-corrected chi connectivity index (χ4v) is 7.73. The first kappa shape index (κ1) is 21.9. The van der Waals surface area contributed by atoms with Crippen molar-refractivity contribution in [1.29, 1.82) is 0 Å². The molecule has 2 aromatic carbocycles. The maximum absolute atomic E-state index is 12.9. The molecule has 3 saturated heterocycles. The zero-order valence-electron chi connectivity index (χ0n) is 20.0. The van der Waals surface area contributed by atoms with Crippen molar-refractivity contribution in [2.45, 2.75) is 68.6 Å². The number of benzene rings is 2. The van der Waals surface area contributed by atoms with Gasteiger partial charge in [0.1, 0.15) is 11.5 Å². The first-order chi connectivity index (χ1) is 16.3. The summed E-state index contributed by atoms with van der Waals surface area (Å²) in [6.07, 6.45) is 4.67. The van der Waals surface area contributed by atoms with E-state index in [4.69, 9.17) is 4.74 Å². The van der Waals surface area contributed by atoms with Gasteiger partial charge < -0.3 is 20.3 Å². The Labute approximate surface area is 200 Å². The molecule has 6 heteroatoms. The molecule has 3 aliphatic heterocycles. The predicted octanol–water partition coefficient (Wildman–Crippen LogP) is 3.74. The highest BCUT2D eigenvalue weighted by atomic mass is 16.5. The number of phenolic OH excluding ortho intramolecular Hbond substituents is 2. The second kappa shape index (κ2) is 7.46. The molecule has 0 radical (unpaired) electrons. The number of piperidine rings is 1. The third kappa shape index (κ3) is 2.97. The Kier molecular flexibility index (Phi) is 4.81. The summed E-state index contributed by atoms with van der Waals surface area (Å²) in [5, 5.41) is 23.6. The van der Waals surface area contributed by atoms with Crippen molar-refractivity contribution in [3.05, 3.63) is 59.2 Å². The lowest BCUT2D eigenvalue weighted by atomic mass is 9.50. The number of carbonyl (C=O) groups is 1. The Hall–Kier alpha value is -2.57. The van der Waals surface area contributed by atoms with Gasteiger partial charge in [-0.15, -0.1) is 0 Å². The van der Waals surface area contributed by atoms with Gasteiger partial charge in [0.15, 0.2) is 0 Å². The number of nitrogens with one attached hydrogen (secondary N) is 1. The molecular weight excluding hydrogens is 428 g/mol. The molecule has 4 aliphatic rings. The van der Waals surface area contributed by atoms with Crippen LogP contribution in [-0.2, 0) is 16.6 Å². The molecule has 34 heavy (non-hydrogen) atoms. The van der Waals surface area contributed by atoms with E-state index in [1.165, 1.54) is 17.2 Å². The molecule has 0 unspecified atom stereocenters. The van der Waals surface area contributed by atoms with Gasteiger partial charge in [0, 0.05) is 24.5 Å². The molecule has 1 amide bonds. The van der Waals surface area contributed by atoms with E-state index in [9.17, 15) is 15.0 Å². The van der Waals surface area contributed by atoms with Crippen LogP contribution in [0.4, 0.5) is 0 Å². The number of nitrogens with zero attached hydrogens (tertiary/aromatic N) is 1. The quantitative estimate of drug-likeness (QED) is 0.631. The Morgan fingerprint density at radius 2 is 2.00 bits per heavy atom. The van der Waals surface area contributed by atoms with Gasteiger partial charge in [-0.1, -0.05) is 32.0 Å². The van der Waals surface area contributed by atoms with Gasteiger partial charge in [0.05, 0.1) is 16.8 Å². The van der Waals surface area contributed by atoms with E-state index in [0.29, 0.717) is 24.3 Å². The summed E-state index contributed by atoms with van der Waals surface area (Å²) in [5.74, 6) is 0.614. The number of amides is 1. The van der Waals surface area contributed by atoms with Crippen LogP contribution in [0.3, 0.4) is 0 Å². The van der Waals surface area contributed by atoms with Crippen molar-refractivity contribution >= 4 is 5.91 Å². The first-order valence-corrected chi connectivity index (χ1v) is 12.6. The van der Waals surface area contributed by atoms with Crippen molar-refractivity contribution in [2.75, 3.05) is 19.6 Å². The molecule has 3 N–H and O–H groups in total. The molecule has 4 atom stereocenters. The van der Waals surface area contributed by atoms with Crippen LogP contribution in [0, 0.1) is 5.92 Å². The average Bonchev–Trinajstić information content (AvgIpc) is 3.32. The molecule has 3 heterocycles. The Balaban J connectivity index is 1.35. The number of fused-ring (bicyclic) bond motifs is 2. The zero-order valence-corrected chi connectivity index (χ0v) is 20.0. The molecule has 1 aliphatic carbocycles. The third-order valence-electron chi connectivity index (χ3n) is 8.93. The number of ether oxygens (including phenoxy) is 1. The smallest absolute Gasteiger partial charge is 0.255 e. The summed E-state index contributed by atoms with van der Waals surface area (Å²) in [4.78, 5) is 15.5. The first-order valence-electron chi connectivity index (χ1n) is 12.6. The van der Waals surface area contributed by atoms with Crippen LogP contribution in [0.15, 0.2) is 42.5 Å². The summed E-state index contributed by atoms with van der Waals surface area (Å²) in [7, 11) is 0. The highest BCUT2D eigenvalue weighted by Gasteiger charge is 2.75. The van der Waals surface area contributed by atoms with E-state index < -0.39 is 5.60 Å². The van der Waals surface area contributed by atoms with Gasteiger partial charge in [-0.2, -0.15) is 0 Å². The Bertz CT molecular complexity index is 1150. The number of aromatic hydroxyl groups is 2. The maximum Gasteiger partial charge on any atom is 0.255 e. The van der Waals surface area contributed by atoms with Gasteiger partial charge in [-0.05, 0) is 80.0 Å². The van der Waals surface area contributed by atoms with Crippen LogP contribution in [0.1, 0.15) is 61.0 Å². The minimum Gasteiger partial charge on any atom is -0.508 e. The number of hydrogen-bond acceptors (Lipinski definition) is 5. The number of rotatable bonds is 5. The lowest BCUT2D eigenvalue weighted by Gasteiger charge is -2.60. The van der Waals surface area contributed by atoms with Crippen LogP contribution in [0.2, 0.25) is 0 Å². The standard InChI is InChI=1S/C28H34N2O4/c1-18(2)15-30-12-11-27-16-26(17-29-25(33)21-5-3-4-6-23(21)32)9-10-28(27,34-26)24(30)13-19-7-8-20(31)14-22(19)27/h3-8,14,18,24,31-32H,9-13,15-17H2,1-2H3,(H,29,33)/t24-,26+,27-,28-/m1/s1. The largest absolute Gasteiger partial charge is 0.508 e. The van der Waals surface area contributed by atoms with Crippen LogP contribution in [0.5, 0.6) is 11.5 Å². The number of likely N-dealkylation sites (tertiary alicyclic amines) is 1. The summed E-state index contributed by atoms with van der Waals surface area (Å²) in [6, 6.07) is 12.8. The summed E-state index contributed by atoms with van der Waals surface area (Å²) < 4.78 is 7.13. The van der Waals surface area contributed by atoms with E-state index in [-0.39, 0.29) is 28.2 Å². The van der Waals surface area contributed by atoms with Gasteiger partial charge in [-0.3, -0.25) is 9.69 Å². The topological polar surface area (TPSA) is 82.0 Å².